The summed E-state index contributed by atoms with van der Waals surface area (Å²) in [6, 6.07) is 1.78. The Balaban J connectivity index is 1.57. The van der Waals surface area contributed by atoms with Gasteiger partial charge in [-0.3, -0.25) is 4.79 Å². The lowest BCUT2D eigenvalue weighted by atomic mass is 10.2. The van der Waals surface area contributed by atoms with E-state index >= 15 is 0 Å². The Hall–Kier alpha value is -1.80. The number of nitrogens with zero attached hydrogens (tertiary/aromatic N) is 3. The molecule has 0 N–H and O–H groups in total. The van der Waals surface area contributed by atoms with E-state index in [0.717, 1.165) is 11.3 Å². The SMILES string of the molecule is Cc1occc1-c1nnc(SCC(=O)N2C[C@@H](C)O[C@H](C)C2)o1. The van der Waals surface area contributed by atoms with Crippen molar-refractivity contribution in [1.82, 2.24) is 15.1 Å². The molecule has 7 nitrogen and oxygen atoms in total. The van der Waals surface area contributed by atoms with Crippen LogP contribution in [0.25, 0.3) is 11.5 Å². The Morgan fingerprint density at radius 3 is 2.74 bits per heavy atom. The van der Waals surface area contributed by atoms with E-state index in [2.05, 4.69) is 10.2 Å². The molecule has 0 bridgehead atoms. The molecule has 1 fully saturated rings. The average molecular weight is 337 g/mol. The molecule has 8 heteroatoms. The van der Waals surface area contributed by atoms with Crippen LogP contribution in [0.5, 0.6) is 0 Å². The van der Waals surface area contributed by atoms with Crippen molar-refractivity contribution in [2.24, 2.45) is 0 Å². The standard InChI is InChI=1S/C15H19N3O4S/c1-9-6-18(7-10(2)21-9)13(19)8-23-15-17-16-14(22-15)12-4-5-20-11(12)3/h4-5,9-10H,6-8H2,1-3H3/t9-,10-/m1/s1. The fraction of sp³-hybridized carbons (Fsp3) is 0.533. The molecule has 1 amide bonds. The molecule has 124 valence electrons. The number of amides is 1. The summed E-state index contributed by atoms with van der Waals surface area (Å²) >= 11 is 1.25. The lowest BCUT2D eigenvalue weighted by Crippen LogP contribution is -2.48. The molecule has 1 saturated heterocycles. The number of carbonyl (C=O) groups excluding carboxylic acids is 1. The van der Waals surface area contributed by atoms with Crippen LogP contribution in [-0.4, -0.2) is 52.1 Å². The summed E-state index contributed by atoms with van der Waals surface area (Å²) in [6.45, 7) is 7.01. The fourth-order valence-electron chi connectivity index (χ4n) is 2.58. The number of aryl methyl sites for hydroxylation is 1. The van der Waals surface area contributed by atoms with Gasteiger partial charge in [0.05, 0.1) is 29.8 Å². The van der Waals surface area contributed by atoms with Crippen molar-refractivity contribution in [3.63, 3.8) is 0 Å². The monoisotopic (exact) mass is 337 g/mol. The van der Waals surface area contributed by atoms with Gasteiger partial charge < -0.3 is 18.5 Å². The van der Waals surface area contributed by atoms with E-state index in [-0.39, 0.29) is 23.9 Å². The maximum absolute atomic E-state index is 12.3. The third-order valence-electron chi connectivity index (χ3n) is 3.59. The van der Waals surface area contributed by atoms with Gasteiger partial charge in [-0.1, -0.05) is 11.8 Å². The van der Waals surface area contributed by atoms with Crippen molar-refractivity contribution in [3.8, 4) is 11.5 Å². The summed E-state index contributed by atoms with van der Waals surface area (Å²) in [4.78, 5) is 14.1. The van der Waals surface area contributed by atoms with Gasteiger partial charge in [-0.25, -0.2) is 0 Å². The molecule has 0 spiro atoms. The van der Waals surface area contributed by atoms with Crippen LogP contribution in [0.3, 0.4) is 0 Å². The first-order chi connectivity index (χ1) is 11.0. The second-order valence-electron chi connectivity index (χ2n) is 5.61. The Bertz CT molecular complexity index is 674. The largest absolute Gasteiger partial charge is 0.469 e. The molecule has 2 aromatic rings. The molecular formula is C15H19N3O4S. The molecule has 0 aliphatic carbocycles. The number of hydrogen-bond acceptors (Lipinski definition) is 7. The van der Waals surface area contributed by atoms with Crippen LogP contribution in [0.2, 0.25) is 0 Å². The summed E-state index contributed by atoms with van der Waals surface area (Å²) in [5.41, 5.74) is 0.770. The minimum atomic E-state index is 0.0521. The summed E-state index contributed by atoms with van der Waals surface area (Å²) in [5, 5.41) is 8.34. The average Bonchev–Trinajstić information content (AvgIpc) is 3.12. The van der Waals surface area contributed by atoms with Gasteiger partial charge in [-0.2, -0.15) is 0 Å². The second-order valence-corrected chi connectivity index (χ2v) is 6.53. The Morgan fingerprint density at radius 2 is 2.09 bits per heavy atom. The van der Waals surface area contributed by atoms with Crippen LogP contribution in [0, 0.1) is 6.92 Å². The van der Waals surface area contributed by atoms with Crippen molar-refractivity contribution in [2.45, 2.75) is 38.2 Å². The Labute approximate surface area is 138 Å². The summed E-state index contributed by atoms with van der Waals surface area (Å²) in [6.07, 6.45) is 1.70. The van der Waals surface area contributed by atoms with Crippen LogP contribution >= 0.6 is 11.8 Å². The second kappa shape index (κ2) is 6.76. The third kappa shape index (κ3) is 3.76. The van der Waals surface area contributed by atoms with E-state index in [1.54, 1.807) is 12.3 Å². The van der Waals surface area contributed by atoms with Crippen LogP contribution in [-0.2, 0) is 9.53 Å². The number of furan rings is 1. The smallest absolute Gasteiger partial charge is 0.277 e. The summed E-state index contributed by atoms with van der Waals surface area (Å²) < 4.78 is 16.4. The van der Waals surface area contributed by atoms with Crippen molar-refractivity contribution in [2.75, 3.05) is 18.8 Å². The Morgan fingerprint density at radius 1 is 1.35 bits per heavy atom. The topological polar surface area (TPSA) is 81.6 Å². The lowest BCUT2D eigenvalue weighted by molar-refractivity contribution is -0.140. The first kappa shape index (κ1) is 16.1. The summed E-state index contributed by atoms with van der Waals surface area (Å²) in [7, 11) is 0. The first-order valence-electron chi connectivity index (χ1n) is 7.47. The quantitative estimate of drug-likeness (QED) is 0.792. The zero-order chi connectivity index (χ0) is 16.4. The normalized spacial score (nSPS) is 21.6. The highest BCUT2D eigenvalue weighted by molar-refractivity contribution is 7.99. The van der Waals surface area contributed by atoms with Crippen molar-refractivity contribution in [3.05, 3.63) is 18.1 Å². The van der Waals surface area contributed by atoms with Crippen molar-refractivity contribution >= 4 is 17.7 Å². The minimum Gasteiger partial charge on any atom is -0.469 e. The van der Waals surface area contributed by atoms with Crippen LogP contribution < -0.4 is 0 Å². The van der Waals surface area contributed by atoms with E-state index in [1.165, 1.54) is 11.8 Å². The molecule has 0 aromatic carbocycles. The molecule has 1 aliphatic heterocycles. The predicted molar refractivity (Wildman–Crippen MR) is 84.1 cm³/mol. The van der Waals surface area contributed by atoms with Gasteiger partial charge in [0.2, 0.25) is 5.91 Å². The maximum atomic E-state index is 12.3. The van der Waals surface area contributed by atoms with Gasteiger partial charge in [0.15, 0.2) is 0 Å². The summed E-state index contributed by atoms with van der Waals surface area (Å²) in [5.74, 6) is 1.44. The van der Waals surface area contributed by atoms with Crippen molar-refractivity contribution in [1.29, 1.82) is 0 Å². The highest BCUT2D eigenvalue weighted by Crippen LogP contribution is 2.26. The highest BCUT2D eigenvalue weighted by atomic mass is 32.2. The molecule has 0 unspecified atom stereocenters. The number of hydrogen-bond donors (Lipinski definition) is 0. The van der Waals surface area contributed by atoms with Gasteiger partial charge in [0, 0.05) is 13.1 Å². The minimum absolute atomic E-state index is 0.0521. The van der Waals surface area contributed by atoms with Gasteiger partial charge in [-0.15, -0.1) is 10.2 Å². The molecule has 3 heterocycles. The zero-order valence-electron chi connectivity index (χ0n) is 13.3. The number of thioether (sulfide) groups is 1. The van der Waals surface area contributed by atoms with Crippen LogP contribution in [0.15, 0.2) is 26.4 Å². The highest BCUT2D eigenvalue weighted by Gasteiger charge is 2.26. The maximum Gasteiger partial charge on any atom is 0.277 e. The van der Waals surface area contributed by atoms with E-state index in [4.69, 9.17) is 13.6 Å². The van der Waals surface area contributed by atoms with Gasteiger partial charge in [-0.05, 0) is 26.8 Å². The van der Waals surface area contributed by atoms with Crippen LogP contribution in [0.1, 0.15) is 19.6 Å². The van der Waals surface area contributed by atoms with Gasteiger partial charge in [0.1, 0.15) is 5.76 Å². The van der Waals surface area contributed by atoms with E-state index in [9.17, 15) is 4.79 Å². The molecule has 3 rings (SSSR count). The molecular weight excluding hydrogens is 318 g/mol. The van der Waals surface area contributed by atoms with E-state index < -0.39 is 0 Å². The number of aromatic nitrogens is 2. The lowest BCUT2D eigenvalue weighted by Gasteiger charge is -2.35. The number of morpholine rings is 1. The molecule has 0 radical (unpaired) electrons. The van der Waals surface area contributed by atoms with Crippen LogP contribution in [0.4, 0.5) is 0 Å². The number of carbonyl (C=O) groups is 1. The van der Waals surface area contributed by atoms with Gasteiger partial charge >= 0.3 is 0 Å². The van der Waals surface area contributed by atoms with E-state index in [0.29, 0.717) is 24.2 Å². The van der Waals surface area contributed by atoms with Crippen molar-refractivity contribution < 1.29 is 18.4 Å². The molecule has 2 atom stereocenters. The molecule has 2 aromatic heterocycles. The van der Waals surface area contributed by atoms with E-state index in [1.807, 2.05) is 25.7 Å². The third-order valence-corrected chi connectivity index (χ3v) is 4.39. The molecule has 0 saturated carbocycles. The number of rotatable bonds is 4. The predicted octanol–water partition coefficient (Wildman–Crippen LogP) is 2.37. The fourth-order valence-corrected chi connectivity index (χ4v) is 3.25. The Kier molecular flexibility index (Phi) is 4.72. The first-order valence-corrected chi connectivity index (χ1v) is 8.45. The van der Waals surface area contributed by atoms with Gasteiger partial charge in [0.25, 0.3) is 11.1 Å². The molecule has 23 heavy (non-hydrogen) atoms. The molecule has 1 aliphatic rings. The number of ether oxygens (including phenoxy) is 1. The zero-order valence-corrected chi connectivity index (χ0v) is 14.1.